The van der Waals surface area contributed by atoms with Gasteiger partial charge in [-0.05, 0) is 90.9 Å². The summed E-state index contributed by atoms with van der Waals surface area (Å²) in [6, 6.07) is 0. The molecule has 3 nitrogen and oxygen atoms in total. The maximum Gasteiger partial charge on any atom is 0.303 e. The van der Waals surface area contributed by atoms with Crippen molar-refractivity contribution in [3.8, 4) is 0 Å². The zero-order chi connectivity index (χ0) is 23.3. The monoisotopic (exact) mass is 442 g/mol. The lowest BCUT2D eigenvalue weighted by Crippen LogP contribution is -2.53. The van der Waals surface area contributed by atoms with Crippen LogP contribution in [-0.2, 0) is 14.3 Å². The summed E-state index contributed by atoms with van der Waals surface area (Å²) in [5.74, 6) is 4.38. The molecule has 0 saturated heterocycles. The van der Waals surface area contributed by atoms with Gasteiger partial charge in [-0.3, -0.25) is 9.59 Å². The molecule has 0 N–H and O–H groups in total. The first-order valence-corrected chi connectivity index (χ1v) is 13.5. The minimum atomic E-state index is -0.578. The molecule has 4 aliphatic rings. The summed E-state index contributed by atoms with van der Waals surface area (Å²) in [6.07, 6.45) is 13.8. The summed E-state index contributed by atoms with van der Waals surface area (Å²) in [6.45, 7) is 13.6. The lowest BCUT2D eigenvalue weighted by molar-refractivity contribution is -0.156. The first-order chi connectivity index (χ1) is 15.1. The van der Waals surface area contributed by atoms with E-state index >= 15 is 0 Å². The molecule has 4 aliphatic carbocycles. The van der Waals surface area contributed by atoms with E-state index in [2.05, 4.69) is 34.6 Å². The van der Waals surface area contributed by atoms with Gasteiger partial charge in [0.2, 0.25) is 0 Å². The normalized spacial score (nSPS) is 42.0. The van der Waals surface area contributed by atoms with Gasteiger partial charge >= 0.3 is 5.97 Å². The van der Waals surface area contributed by atoms with Gasteiger partial charge in [-0.25, -0.2) is 0 Å². The van der Waals surface area contributed by atoms with Gasteiger partial charge in [0.1, 0.15) is 0 Å². The van der Waals surface area contributed by atoms with Gasteiger partial charge in [0.25, 0.3) is 0 Å². The van der Waals surface area contributed by atoms with E-state index in [1.807, 2.05) is 6.08 Å². The summed E-state index contributed by atoms with van der Waals surface area (Å²) < 4.78 is 5.47. The number of allylic oxidation sites excluding steroid dienone is 1. The van der Waals surface area contributed by atoms with Gasteiger partial charge < -0.3 is 4.74 Å². The van der Waals surface area contributed by atoms with Crippen LogP contribution in [0.5, 0.6) is 0 Å². The molecule has 180 valence electrons. The van der Waals surface area contributed by atoms with E-state index < -0.39 is 6.10 Å². The Morgan fingerprint density at radius 3 is 2.53 bits per heavy atom. The number of carbonyl (C=O) groups excluding carboxylic acids is 2. The van der Waals surface area contributed by atoms with Crippen LogP contribution in [0.15, 0.2) is 11.6 Å². The van der Waals surface area contributed by atoms with Crippen LogP contribution in [0, 0.1) is 46.3 Å². The minimum absolute atomic E-state index is 0.00271. The van der Waals surface area contributed by atoms with Crippen molar-refractivity contribution in [1.82, 2.24) is 0 Å². The molecule has 0 unspecified atom stereocenters. The second kappa shape index (κ2) is 8.91. The van der Waals surface area contributed by atoms with Crippen LogP contribution >= 0.6 is 0 Å². The van der Waals surface area contributed by atoms with Gasteiger partial charge in [0.15, 0.2) is 11.9 Å². The number of esters is 1. The number of ketones is 1. The number of hydrogen-bond acceptors (Lipinski definition) is 3. The largest absolute Gasteiger partial charge is 0.454 e. The molecule has 0 aliphatic heterocycles. The predicted molar refractivity (Wildman–Crippen MR) is 129 cm³/mol. The molecule has 0 aromatic carbocycles. The number of rotatable bonds is 6. The fourth-order valence-electron chi connectivity index (χ4n) is 8.92. The number of carbonyl (C=O) groups is 2. The second-order valence-corrected chi connectivity index (χ2v) is 12.7. The van der Waals surface area contributed by atoms with E-state index in [1.54, 1.807) is 0 Å². The van der Waals surface area contributed by atoms with Gasteiger partial charge in [0.05, 0.1) is 0 Å². The quantitative estimate of drug-likeness (QED) is 0.411. The zero-order valence-electron chi connectivity index (χ0n) is 21.4. The molecule has 32 heavy (non-hydrogen) atoms. The Hall–Kier alpha value is -1.12. The first kappa shape index (κ1) is 24.0. The summed E-state index contributed by atoms with van der Waals surface area (Å²) in [5.41, 5.74) is 1.84. The predicted octanol–water partition coefficient (Wildman–Crippen LogP) is 7.14. The van der Waals surface area contributed by atoms with Gasteiger partial charge in [-0.1, -0.05) is 59.5 Å². The van der Waals surface area contributed by atoms with Crippen molar-refractivity contribution in [2.75, 3.05) is 0 Å². The third-order valence-electron chi connectivity index (χ3n) is 10.5. The van der Waals surface area contributed by atoms with Crippen molar-refractivity contribution < 1.29 is 14.3 Å². The molecule has 0 amide bonds. The second-order valence-electron chi connectivity index (χ2n) is 12.7. The van der Waals surface area contributed by atoms with Crippen molar-refractivity contribution >= 4 is 11.8 Å². The maximum atomic E-state index is 12.6. The van der Waals surface area contributed by atoms with Crippen molar-refractivity contribution in [1.29, 1.82) is 0 Å². The molecule has 0 radical (unpaired) electrons. The van der Waals surface area contributed by atoms with Crippen molar-refractivity contribution in [2.45, 2.75) is 112 Å². The van der Waals surface area contributed by atoms with Crippen LogP contribution in [0.2, 0.25) is 0 Å². The van der Waals surface area contributed by atoms with Crippen LogP contribution in [0.3, 0.4) is 0 Å². The molecule has 3 saturated carbocycles. The summed E-state index contributed by atoms with van der Waals surface area (Å²) in [5, 5.41) is 0. The number of fused-ring (bicyclic) bond motifs is 5. The third kappa shape index (κ3) is 4.11. The Morgan fingerprint density at radius 2 is 1.84 bits per heavy atom. The van der Waals surface area contributed by atoms with Crippen LogP contribution in [0.4, 0.5) is 0 Å². The molecule has 4 rings (SSSR count). The Balaban J connectivity index is 1.51. The number of hydrogen-bond donors (Lipinski definition) is 0. The molecule has 3 heteroatoms. The topological polar surface area (TPSA) is 43.4 Å². The summed E-state index contributed by atoms with van der Waals surface area (Å²) in [4.78, 5) is 24.2. The molecule has 0 aromatic heterocycles. The highest BCUT2D eigenvalue weighted by Gasteiger charge is 2.60. The fourth-order valence-corrected chi connectivity index (χ4v) is 8.92. The SMILES string of the molecule is CC(=O)O[C@@H]1C[C@]2(C)C(=CC1=O)CC[C@H]1[C@@H]3CC[C@H]([C@H](C)CCCC(C)C)[C@]3(C)CC[C@@H]12. The molecule has 0 aromatic rings. The van der Waals surface area contributed by atoms with Crippen LogP contribution in [0.1, 0.15) is 106 Å². The van der Waals surface area contributed by atoms with E-state index in [4.69, 9.17) is 4.74 Å². The molecular weight excluding hydrogens is 396 g/mol. The summed E-state index contributed by atoms with van der Waals surface area (Å²) >= 11 is 0. The van der Waals surface area contributed by atoms with Crippen molar-refractivity contribution in [3.05, 3.63) is 11.6 Å². The van der Waals surface area contributed by atoms with Crippen molar-refractivity contribution in [3.63, 3.8) is 0 Å². The standard InChI is InChI=1S/C29H46O3/c1-18(2)8-7-9-19(3)23-12-13-24-22-11-10-21-16-26(31)27(32-20(4)30)17-29(21,6)25(22)14-15-28(23,24)5/h16,18-19,22-25,27H,7-15,17H2,1-6H3/t19-,22+,23-,24+,25+,27-,28+,29-/m1/s1. The van der Waals surface area contributed by atoms with Gasteiger partial charge in [-0.2, -0.15) is 0 Å². The Bertz CT molecular complexity index is 766. The molecule has 0 bridgehead atoms. The first-order valence-electron chi connectivity index (χ1n) is 13.5. The maximum absolute atomic E-state index is 12.6. The fraction of sp³-hybridized carbons (Fsp3) is 0.862. The molecular formula is C29H46O3. The molecule has 8 atom stereocenters. The Labute approximate surface area is 196 Å². The van der Waals surface area contributed by atoms with E-state index in [1.165, 1.54) is 63.9 Å². The van der Waals surface area contributed by atoms with E-state index in [0.29, 0.717) is 17.8 Å². The zero-order valence-corrected chi connectivity index (χ0v) is 21.4. The lowest BCUT2D eigenvalue weighted by atomic mass is 9.46. The smallest absolute Gasteiger partial charge is 0.303 e. The summed E-state index contributed by atoms with van der Waals surface area (Å²) in [7, 11) is 0. The minimum Gasteiger partial charge on any atom is -0.454 e. The van der Waals surface area contributed by atoms with Crippen LogP contribution < -0.4 is 0 Å². The highest BCUT2D eigenvalue weighted by molar-refractivity contribution is 5.96. The van der Waals surface area contributed by atoms with E-state index in [9.17, 15) is 9.59 Å². The average Bonchev–Trinajstić information content (AvgIpc) is 3.05. The van der Waals surface area contributed by atoms with E-state index in [0.717, 1.165) is 36.0 Å². The molecule has 3 fully saturated rings. The average molecular weight is 443 g/mol. The van der Waals surface area contributed by atoms with Crippen LogP contribution in [0.25, 0.3) is 0 Å². The Kier molecular flexibility index (Phi) is 6.69. The van der Waals surface area contributed by atoms with Gasteiger partial charge in [0, 0.05) is 13.3 Å². The highest BCUT2D eigenvalue weighted by Crippen LogP contribution is 2.67. The van der Waals surface area contributed by atoms with E-state index in [-0.39, 0.29) is 17.2 Å². The van der Waals surface area contributed by atoms with Crippen LogP contribution in [-0.4, -0.2) is 17.9 Å². The molecule has 0 heterocycles. The third-order valence-corrected chi connectivity index (χ3v) is 10.5. The van der Waals surface area contributed by atoms with Crippen molar-refractivity contribution in [2.24, 2.45) is 46.3 Å². The number of ether oxygens (including phenoxy) is 1. The van der Waals surface area contributed by atoms with Gasteiger partial charge in [-0.15, -0.1) is 0 Å². The Morgan fingerprint density at radius 1 is 1.09 bits per heavy atom. The lowest BCUT2D eigenvalue weighted by Gasteiger charge is -2.59. The molecule has 0 spiro atoms. The highest BCUT2D eigenvalue weighted by atomic mass is 16.5.